The van der Waals surface area contributed by atoms with Crippen LogP contribution >= 0.6 is 11.3 Å². The molecule has 1 aliphatic rings. The Hall–Kier alpha value is -2.66. The zero-order valence-corrected chi connectivity index (χ0v) is 16.9. The molecule has 0 amide bonds. The van der Waals surface area contributed by atoms with Crippen molar-refractivity contribution in [2.45, 2.75) is 45.1 Å². The number of hydrogen-bond donors (Lipinski definition) is 0. The molecule has 2 aromatic carbocycles. The van der Waals surface area contributed by atoms with Crippen LogP contribution in [0.1, 0.15) is 37.8 Å². The number of aryl methyl sites for hydroxylation is 1. The summed E-state index contributed by atoms with van der Waals surface area (Å²) in [6.07, 6.45) is 6.31. The van der Waals surface area contributed by atoms with E-state index in [1.165, 1.54) is 37.7 Å². The zero-order valence-electron chi connectivity index (χ0n) is 16.1. The van der Waals surface area contributed by atoms with Crippen molar-refractivity contribution in [3.63, 3.8) is 0 Å². The Morgan fingerprint density at radius 2 is 1.61 bits per heavy atom. The molecule has 0 aliphatic heterocycles. The van der Waals surface area contributed by atoms with Gasteiger partial charge in [0.1, 0.15) is 0 Å². The summed E-state index contributed by atoms with van der Waals surface area (Å²) < 4.78 is 4.49. The molecular weight excluding hydrogens is 364 g/mol. The molecule has 2 aromatic heterocycles. The molecule has 0 bridgehead atoms. The van der Waals surface area contributed by atoms with Crippen molar-refractivity contribution in [1.29, 1.82) is 0 Å². The molecule has 5 rings (SSSR count). The van der Waals surface area contributed by atoms with Crippen molar-refractivity contribution in [2.75, 3.05) is 0 Å². The number of benzene rings is 2. The van der Waals surface area contributed by atoms with Crippen LogP contribution < -0.4 is 4.80 Å². The fourth-order valence-electron chi connectivity index (χ4n) is 4.12. The van der Waals surface area contributed by atoms with Gasteiger partial charge >= 0.3 is 0 Å². The molecule has 0 N–H and O–H groups in total. The summed E-state index contributed by atoms with van der Waals surface area (Å²) in [5.41, 5.74) is 4.49. The topological polar surface area (TPSA) is 34.6 Å². The van der Waals surface area contributed by atoms with Crippen LogP contribution in [-0.2, 0) is 0 Å². The Balaban J connectivity index is 1.80. The van der Waals surface area contributed by atoms with E-state index in [2.05, 4.69) is 76.8 Å². The second kappa shape index (κ2) is 7.40. The highest BCUT2D eigenvalue weighted by Crippen LogP contribution is 2.27. The minimum absolute atomic E-state index is 0.424. The van der Waals surface area contributed by atoms with Gasteiger partial charge in [-0.05, 0) is 31.9 Å². The maximum Gasteiger partial charge on any atom is 0.213 e. The average Bonchev–Trinajstić information content (AvgIpc) is 3.23. The number of imidazole rings is 1. The SMILES string of the molecule is Cc1nc2sc(=NC3CCCCC3)n(-c3ccccc3)n2c1-c1ccccc1. The summed E-state index contributed by atoms with van der Waals surface area (Å²) in [6.45, 7) is 2.09. The predicted molar refractivity (Wildman–Crippen MR) is 115 cm³/mol. The summed E-state index contributed by atoms with van der Waals surface area (Å²) in [6, 6.07) is 21.5. The number of rotatable bonds is 3. The molecule has 0 spiro atoms. The van der Waals surface area contributed by atoms with Gasteiger partial charge in [-0.15, -0.1) is 0 Å². The van der Waals surface area contributed by atoms with E-state index in [1.807, 2.05) is 0 Å². The summed E-state index contributed by atoms with van der Waals surface area (Å²) >= 11 is 1.69. The fourth-order valence-corrected chi connectivity index (χ4v) is 5.20. The third kappa shape index (κ3) is 3.10. The summed E-state index contributed by atoms with van der Waals surface area (Å²) in [4.78, 5) is 12.1. The van der Waals surface area contributed by atoms with Gasteiger partial charge in [-0.3, -0.25) is 4.99 Å². The molecule has 28 heavy (non-hydrogen) atoms. The van der Waals surface area contributed by atoms with Gasteiger partial charge in [0.25, 0.3) is 0 Å². The smallest absolute Gasteiger partial charge is 0.213 e. The highest BCUT2D eigenvalue weighted by Gasteiger charge is 2.19. The maximum atomic E-state index is 5.19. The molecule has 1 fully saturated rings. The first kappa shape index (κ1) is 17.4. The van der Waals surface area contributed by atoms with Gasteiger partial charge in [0.15, 0.2) is 0 Å². The van der Waals surface area contributed by atoms with Crippen LogP contribution in [0, 0.1) is 6.92 Å². The lowest BCUT2D eigenvalue weighted by Crippen LogP contribution is -2.22. The third-order valence-corrected chi connectivity index (χ3v) is 6.39. The van der Waals surface area contributed by atoms with Gasteiger partial charge in [-0.1, -0.05) is 79.1 Å². The van der Waals surface area contributed by atoms with Crippen LogP contribution in [-0.4, -0.2) is 20.2 Å². The largest absolute Gasteiger partial charge is 0.254 e. The zero-order chi connectivity index (χ0) is 18.9. The predicted octanol–water partition coefficient (Wildman–Crippen LogP) is 5.40. The molecule has 0 saturated heterocycles. The lowest BCUT2D eigenvalue weighted by molar-refractivity contribution is 0.435. The van der Waals surface area contributed by atoms with Crippen molar-refractivity contribution in [1.82, 2.24) is 14.2 Å². The van der Waals surface area contributed by atoms with Crippen molar-refractivity contribution in [3.8, 4) is 16.9 Å². The first-order valence-corrected chi connectivity index (χ1v) is 10.9. The Kier molecular flexibility index (Phi) is 4.61. The number of hydrogen-bond acceptors (Lipinski definition) is 3. The Morgan fingerprint density at radius 1 is 0.929 bits per heavy atom. The van der Waals surface area contributed by atoms with Crippen molar-refractivity contribution < 1.29 is 0 Å². The fraction of sp³-hybridized carbons (Fsp3) is 0.304. The number of fused-ring (bicyclic) bond motifs is 1. The summed E-state index contributed by atoms with van der Waals surface area (Å²) in [7, 11) is 0. The minimum Gasteiger partial charge on any atom is -0.254 e. The molecule has 5 heteroatoms. The first-order valence-electron chi connectivity index (χ1n) is 10.1. The van der Waals surface area contributed by atoms with Gasteiger partial charge in [-0.2, -0.15) is 0 Å². The molecule has 2 heterocycles. The molecule has 1 saturated carbocycles. The second-order valence-electron chi connectivity index (χ2n) is 7.46. The lowest BCUT2D eigenvalue weighted by atomic mass is 9.96. The minimum atomic E-state index is 0.424. The van der Waals surface area contributed by atoms with Gasteiger partial charge in [-0.25, -0.2) is 14.2 Å². The van der Waals surface area contributed by atoms with Crippen LogP contribution in [0.2, 0.25) is 0 Å². The van der Waals surface area contributed by atoms with Crippen molar-refractivity contribution in [2.24, 2.45) is 4.99 Å². The molecule has 0 radical (unpaired) electrons. The normalized spacial score (nSPS) is 16.1. The van der Waals surface area contributed by atoms with E-state index >= 15 is 0 Å². The molecule has 1 aliphatic carbocycles. The Labute approximate surface area is 168 Å². The van der Waals surface area contributed by atoms with E-state index in [-0.39, 0.29) is 0 Å². The van der Waals surface area contributed by atoms with E-state index < -0.39 is 0 Å². The number of para-hydroxylation sites is 1. The standard InChI is InChI=1S/C23H24N4S/c1-17-21(18-11-5-2-6-12-18)27-22(24-17)28-23(25-19-13-7-3-8-14-19)26(27)20-15-9-4-10-16-20/h2,4-6,9-12,15-16,19H,3,7-8,13-14H2,1H3. The molecule has 4 nitrogen and oxygen atoms in total. The highest BCUT2D eigenvalue weighted by atomic mass is 32.1. The molecule has 142 valence electrons. The molecule has 0 unspecified atom stereocenters. The van der Waals surface area contributed by atoms with Crippen LogP contribution in [0.15, 0.2) is 65.7 Å². The monoisotopic (exact) mass is 388 g/mol. The number of aromatic nitrogens is 3. The Morgan fingerprint density at radius 3 is 2.32 bits per heavy atom. The van der Waals surface area contributed by atoms with E-state index in [1.54, 1.807) is 11.3 Å². The number of nitrogens with zero attached hydrogens (tertiary/aromatic N) is 4. The molecule has 0 atom stereocenters. The summed E-state index contributed by atoms with van der Waals surface area (Å²) in [5, 5.41) is 0. The average molecular weight is 389 g/mol. The quantitative estimate of drug-likeness (QED) is 0.463. The third-order valence-electron chi connectivity index (χ3n) is 5.48. The Bertz CT molecular complexity index is 1150. The van der Waals surface area contributed by atoms with Crippen LogP contribution in [0.25, 0.3) is 21.9 Å². The van der Waals surface area contributed by atoms with Gasteiger partial charge in [0.2, 0.25) is 9.76 Å². The maximum absolute atomic E-state index is 5.19. The highest BCUT2D eigenvalue weighted by molar-refractivity contribution is 7.14. The van der Waals surface area contributed by atoms with E-state index in [4.69, 9.17) is 9.98 Å². The lowest BCUT2D eigenvalue weighted by Gasteiger charge is -2.17. The van der Waals surface area contributed by atoms with Crippen molar-refractivity contribution in [3.05, 3.63) is 71.2 Å². The van der Waals surface area contributed by atoms with Crippen LogP contribution in [0.3, 0.4) is 0 Å². The van der Waals surface area contributed by atoms with E-state index in [0.29, 0.717) is 6.04 Å². The molecule has 4 aromatic rings. The first-order chi connectivity index (χ1) is 13.8. The van der Waals surface area contributed by atoms with Gasteiger partial charge in [0, 0.05) is 5.56 Å². The van der Waals surface area contributed by atoms with Gasteiger partial charge in [0.05, 0.1) is 23.1 Å². The van der Waals surface area contributed by atoms with Crippen molar-refractivity contribution >= 4 is 16.3 Å². The van der Waals surface area contributed by atoms with Crippen LogP contribution in [0.4, 0.5) is 0 Å². The van der Waals surface area contributed by atoms with Crippen LogP contribution in [0.5, 0.6) is 0 Å². The van der Waals surface area contributed by atoms with Gasteiger partial charge < -0.3 is 0 Å². The summed E-state index contributed by atoms with van der Waals surface area (Å²) in [5.74, 6) is 0. The molecular formula is C23H24N4S. The van der Waals surface area contributed by atoms with E-state index in [9.17, 15) is 0 Å². The second-order valence-corrected chi connectivity index (χ2v) is 8.39. The van der Waals surface area contributed by atoms with E-state index in [0.717, 1.165) is 26.8 Å².